The summed E-state index contributed by atoms with van der Waals surface area (Å²) in [4.78, 5) is 0.947. The maximum absolute atomic E-state index is 13.0. The molecule has 0 spiro atoms. The third-order valence-electron chi connectivity index (χ3n) is 1.98. The third-order valence-corrected chi connectivity index (χ3v) is 2.26. The fraction of sp³-hybridized carbons (Fsp3) is 0. The van der Waals surface area contributed by atoms with Gasteiger partial charge in [0.25, 0.3) is 0 Å². The lowest BCUT2D eigenvalue weighted by molar-refractivity contribution is 0.629. The highest BCUT2D eigenvalue weighted by molar-refractivity contribution is 6.34. The summed E-state index contributed by atoms with van der Waals surface area (Å²) < 4.78 is 13.0. The smallest absolute Gasteiger partial charge is 0.198 e. The molecule has 2 aromatic rings. The van der Waals surface area contributed by atoms with Crippen LogP contribution in [0.4, 0.5) is 4.39 Å². The molecule has 0 saturated carbocycles. The van der Waals surface area contributed by atoms with Crippen LogP contribution in [0.2, 0.25) is 5.15 Å². The van der Waals surface area contributed by atoms with Crippen LogP contribution in [-0.2, 0) is 0 Å². The molecule has 0 aliphatic rings. The summed E-state index contributed by atoms with van der Waals surface area (Å²) in [5.74, 6) is 10.2. The van der Waals surface area contributed by atoms with Crippen molar-refractivity contribution in [3.05, 3.63) is 34.7 Å². The molecule has 1 aromatic heterocycles. The fourth-order valence-corrected chi connectivity index (χ4v) is 1.57. The van der Waals surface area contributed by atoms with Crippen molar-refractivity contribution in [1.29, 1.82) is 0 Å². The van der Waals surface area contributed by atoms with Crippen LogP contribution in [0.3, 0.4) is 0 Å². The summed E-state index contributed by atoms with van der Waals surface area (Å²) in [5, 5.41) is 8.26. The second-order valence-electron chi connectivity index (χ2n) is 2.88. The van der Waals surface area contributed by atoms with E-state index in [0.717, 1.165) is 4.79 Å². The molecule has 2 rings (SSSR count). The monoisotopic (exact) mass is 227 g/mol. The van der Waals surface area contributed by atoms with Crippen LogP contribution in [0.5, 0.6) is 0 Å². The minimum Gasteiger partial charge on any atom is -0.321 e. The van der Waals surface area contributed by atoms with Crippen molar-refractivity contribution in [1.82, 2.24) is 9.89 Å². The normalized spacial score (nSPS) is 12.3. The molecule has 0 amide bonds. The Balaban J connectivity index is 3.04. The Hall–Kier alpha value is -1.82. The molecule has 4 N–H and O–H groups in total. The fourth-order valence-electron chi connectivity index (χ4n) is 1.33. The zero-order valence-electron chi connectivity index (χ0n) is 7.48. The van der Waals surface area contributed by atoms with E-state index in [1.807, 2.05) is 0 Å². The standard InChI is InChI=1S/C8H7ClFN5/c9-7-6-3-4(10)1-2-5(6)8(13-11)15(12)14-7/h1-3H,11-12H2/b13-8-. The maximum atomic E-state index is 13.0. The Bertz CT molecular complexity index is 591. The quantitative estimate of drug-likeness (QED) is 0.502. The lowest BCUT2D eigenvalue weighted by atomic mass is 10.2. The lowest BCUT2D eigenvalue weighted by Crippen LogP contribution is -2.32. The van der Waals surface area contributed by atoms with Crippen LogP contribution in [0.25, 0.3) is 10.8 Å². The van der Waals surface area contributed by atoms with E-state index >= 15 is 0 Å². The van der Waals surface area contributed by atoms with Gasteiger partial charge in [0, 0.05) is 10.8 Å². The first-order chi connectivity index (χ1) is 7.13. The lowest BCUT2D eigenvalue weighted by Gasteiger charge is -2.04. The van der Waals surface area contributed by atoms with Crippen molar-refractivity contribution in [2.45, 2.75) is 0 Å². The molecule has 1 aromatic carbocycles. The van der Waals surface area contributed by atoms with Crippen LogP contribution < -0.4 is 17.2 Å². The summed E-state index contributed by atoms with van der Waals surface area (Å²) in [5.41, 5.74) is 0.231. The van der Waals surface area contributed by atoms with Crippen molar-refractivity contribution in [2.75, 3.05) is 5.84 Å². The summed E-state index contributed by atoms with van der Waals surface area (Å²) in [7, 11) is 0. The molecule has 0 bridgehead atoms. The number of nitrogens with zero attached hydrogens (tertiary/aromatic N) is 3. The molecule has 0 unspecified atom stereocenters. The maximum Gasteiger partial charge on any atom is 0.198 e. The van der Waals surface area contributed by atoms with E-state index in [2.05, 4.69) is 10.2 Å². The number of aromatic nitrogens is 2. The predicted octanol–water partition coefficient (Wildman–Crippen LogP) is 0.317. The molecule has 0 aliphatic heterocycles. The molecule has 78 valence electrons. The molecule has 1 heterocycles. The molecular formula is C8H7ClFN5. The predicted molar refractivity (Wildman–Crippen MR) is 54.6 cm³/mol. The van der Waals surface area contributed by atoms with Gasteiger partial charge in [0.05, 0.1) is 0 Å². The number of nitrogen functional groups attached to an aromatic ring is 1. The van der Waals surface area contributed by atoms with E-state index in [-0.39, 0.29) is 10.6 Å². The average molecular weight is 228 g/mol. The molecule has 0 saturated heterocycles. The number of hydrogen-bond donors (Lipinski definition) is 2. The number of halogens is 2. The minimum atomic E-state index is -0.413. The number of hydrogen-bond acceptors (Lipinski definition) is 4. The number of benzene rings is 1. The first-order valence-corrected chi connectivity index (χ1v) is 4.38. The number of nitrogens with two attached hydrogens (primary N) is 2. The van der Waals surface area contributed by atoms with Gasteiger partial charge in [-0.2, -0.15) is 9.89 Å². The van der Waals surface area contributed by atoms with Gasteiger partial charge >= 0.3 is 0 Å². The Morgan fingerprint density at radius 2 is 2.13 bits per heavy atom. The van der Waals surface area contributed by atoms with Gasteiger partial charge in [0.1, 0.15) is 5.82 Å². The Kier molecular flexibility index (Phi) is 2.20. The van der Waals surface area contributed by atoms with E-state index < -0.39 is 5.82 Å². The molecule has 0 aliphatic carbocycles. The highest BCUT2D eigenvalue weighted by Gasteiger charge is 2.06. The van der Waals surface area contributed by atoms with Gasteiger partial charge in [0.2, 0.25) is 0 Å². The Morgan fingerprint density at radius 3 is 2.80 bits per heavy atom. The van der Waals surface area contributed by atoms with Gasteiger partial charge in [-0.1, -0.05) is 11.6 Å². The Labute approximate surface area is 88.7 Å². The van der Waals surface area contributed by atoms with Crippen LogP contribution in [-0.4, -0.2) is 9.89 Å². The zero-order valence-corrected chi connectivity index (χ0v) is 8.24. The van der Waals surface area contributed by atoms with E-state index in [4.69, 9.17) is 23.3 Å². The largest absolute Gasteiger partial charge is 0.321 e. The summed E-state index contributed by atoms with van der Waals surface area (Å²) in [6.45, 7) is 0. The van der Waals surface area contributed by atoms with Crippen LogP contribution >= 0.6 is 11.6 Å². The topological polar surface area (TPSA) is 82.2 Å². The second-order valence-corrected chi connectivity index (χ2v) is 3.24. The minimum absolute atomic E-state index is 0.0967. The molecule has 0 fully saturated rings. The molecular weight excluding hydrogens is 221 g/mol. The van der Waals surface area contributed by atoms with E-state index in [0.29, 0.717) is 10.8 Å². The van der Waals surface area contributed by atoms with Crippen molar-refractivity contribution >= 4 is 22.4 Å². The van der Waals surface area contributed by atoms with E-state index in [9.17, 15) is 4.39 Å². The SMILES string of the molecule is N/N=c1/c2ccc(F)cc2c(Cl)nn1N. The van der Waals surface area contributed by atoms with Gasteiger partial charge in [0.15, 0.2) is 10.6 Å². The van der Waals surface area contributed by atoms with Gasteiger partial charge in [-0.05, 0) is 18.2 Å². The molecule has 0 atom stereocenters. The van der Waals surface area contributed by atoms with Gasteiger partial charge in [-0.15, -0.1) is 5.10 Å². The van der Waals surface area contributed by atoms with E-state index in [1.165, 1.54) is 18.2 Å². The third kappa shape index (κ3) is 1.48. The van der Waals surface area contributed by atoms with Gasteiger partial charge in [-0.3, -0.25) is 0 Å². The molecule has 15 heavy (non-hydrogen) atoms. The van der Waals surface area contributed by atoms with Crippen molar-refractivity contribution in [3.8, 4) is 0 Å². The van der Waals surface area contributed by atoms with Crippen LogP contribution in [0.15, 0.2) is 23.3 Å². The van der Waals surface area contributed by atoms with Gasteiger partial charge in [-0.25, -0.2) is 4.39 Å². The van der Waals surface area contributed by atoms with E-state index in [1.54, 1.807) is 0 Å². The summed E-state index contributed by atoms with van der Waals surface area (Å²) in [6.07, 6.45) is 0. The molecule has 5 nitrogen and oxygen atoms in total. The second kappa shape index (κ2) is 3.39. The number of fused-ring (bicyclic) bond motifs is 1. The molecule has 7 heteroatoms. The Morgan fingerprint density at radius 1 is 1.40 bits per heavy atom. The van der Waals surface area contributed by atoms with Crippen LogP contribution in [0, 0.1) is 5.82 Å². The first-order valence-electron chi connectivity index (χ1n) is 4.00. The average Bonchev–Trinajstić information content (AvgIpc) is 2.19. The molecule has 0 radical (unpaired) electrons. The summed E-state index contributed by atoms with van der Waals surface area (Å²) in [6, 6.07) is 4.01. The number of rotatable bonds is 0. The summed E-state index contributed by atoms with van der Waals surface area (Å²) >= 11 is 5.80. The van der Waals surface area contributed by atoms with Crippen molar-refractivity contribution < 1.29 is 4.39 Å². The van der Waals surface area contributed by atoms with Gasteiger partial charge < -0.3 is 11.7 Å². The highest BCUT2D eigenvalue weighted by atomic mass is 35.5. The van der Waals surface area contributed by atoms with Crippen molar-refractivity contribution in [2.24, 2.45) is 10.9 Å². The highest BCUT2D eigenvalue weighted by Crippen LogP contribution is 2.18. The first kappa shape index (κ1) is 9.72. The van der Waals surface area contributed by atoms with Crippen LogP contribution in [0.1, 0.15) is 0 Å². The van der Waals surface area contributed by atoms with Crippen molar-refractivity contribution in [3.63, 3.8) is 0 Å². The zero-order chi connectivity index (χ0) is 11.0.